The molecule has 4 aliphatic carbocycles. The van der Waals surface area contributed by atoms with Gasteiger partial charge in [-0.25, -0.2) is 0 Å². The lowest BCUT2D eigenvalue weighted by molar-refractivity contribution is -0.148. The van der Waals surface area contributed by atoms with E-state index in [2.05, 4.69) is 17.9 Å². The average molecular weight is 519 g/mol. The highest BCUT2D eigenvalue weighted by Crippen LogP contribution is 2.52. The zero-order chi connectivity index (χ0) is 27.5. The summed E-state index contributed by atoms with van der Waals surface area (Å²) >= 11 is 0. The van der Waals surface area contributed by atoms with Crippen LogP contribution in [0.2, 0.25) is 0 Å². The van der Waals surface area contributed by atoms with Crippen LogP contribution in [0.25, 0.3) is 0 Å². The van der Waals surface area contributed by atoms with Crippen molar-refractivity contribution in [3.05, 3.63) is 63.1 Å². The summed E-state index contributed by atoms with van der Waals surface area (Å²) in [6.07, 6.45) is 6.42. The van der Waals surface area contributed by atoms with Crippen molar-refractivity contribution in [2.45, 2.75) is 50.2 Å². The third-order valence-corrected chi connectivity index (χ3v) is 8.25. The van der Waals surface area contributed by atoms with E-state index >= 15 is 0 Å². The van der Waals surface area contributed by atoms with E-state index in [1.807, 2.05) is 0 Å². The van der Waals surface area contributed by atoms with Crippen LogP contribution in [0.3, 0.4) is 0 Å². The molecule has 1 aromatic carbocycles. The van der Waals surface area contributed by atoms with Gasteiger partial charge in [0.2, 0.25) is 5.78 Å². The van der Waals surface area contributed by atoms with Gasteiger partial charge in [0.1, 0.15) is 22.8 Å². The summed E-state index contributed by atoms with van der Waals surface area (Å²) in [5.74, 6) is -0.333. The van der Waals surface area contributed by atoms with Gasteiger partial charge in [-0.05, 0) is 81.8 Å². The van der Waals surface area contributed by atoms with Gasteiger partial charge in [0.15, 0.2) is 11.4 Å². The van der Waals surface area contributed by atoms with Gasteiger partial charge in [-0.3, -0.25) is 19.3 Å². The minimum atomic E-state index is -2.65. The van der Waals surface area contributed by atoms with E-state index in [9.17, 15) is 34.8 Å². The molecule has 4 unspecified atom stereocenters. The van der Waals surface area contributed by atoms with E-state index in [0.29, 0.717) is 11.1 Å². The molecule has 0 saturated carbocycles. The Morgan fingerprint density at radius 1 is 1.13 bits per heavy atom. The summed E-state index contributed by atoms with van der Waals surface area (Å²) in [4.78, 5) is 40.7. The van der Waals surface area contributed by atoms with E-state index < -0.39 is 58.0 Å². The number of aliphatic hydroxyl groups is 3. The fourth-order valence-corrected chi connectivity index (χ4v) is 6.47. The molecule has 4 aliphatic rings. The number of benzene rings is 1. The van der Waals surface area contributed by atoms with Crippen molar-refractivity contribution < 1.29 is 34.8 Å². The van der Waals surface area contributed by atoms with Crippen LogP contribution < -0.4 is 5.73 Å². The molecule has 9 nitrogen and oxygen atoms in total. The Morgan fingerprint density at radius 3 is 2.50 bits per heavy atom. The standard InChI is InChI=1S/C29H30N2O7/c1-31(2)23-18-13-16-12-17-15(9-8-14-6-4-3-5-7-14)10-11-19(32)21(17)24(33)20(16)26(35)29(18,38)27(36)22(25(23)34)28(30)37/h6,10-11,16,18,23,32,34-35,38H,3-5,7,12-13H2,1-2H3,(H2,30,37). The number of phenolic OH excluding ortho intramolecular Hbond substituents is 1. The Hall–Kier alpha value is -3.87. The van der Waals surface area contributed by atoms with Gasteiger partial charge in [-0.2, -0.15) is 0 Å². The number of amides is 1. The normalized spacial score (nSPS) is 28.7. The first kappa shape index (κ1) is 25.8. The zero-order valence-corrected chi connectivity index (χ0v) is 21.2. The number of ketones is 2. The minimum absolute atomic E-state index is 0.0322. The first-order valence-corrected chi connectivity index (χ1v) is 12.7. The Kier molecular flexibility index (Phi) is 6.21. The van der Waals surface area contributed by atoms with Crippen molar-refractivity contribution in [3.8, 4) is 17.6 Å². The summed E-state index contributed by atoms with van der Waals surface area (Å²) in [7, 11) is 3.19. The average Bonchev–Trinajstić information content (AvgIpc) is 2.86. The third kappa shape index (κ3) is 3.67. The van der Waals surface area contributed by atoms with Crippen molar-refractivity contribution in [2.24, 2.45) is 17.6 Å². The van der Waals surface area contributed by atoms with Crippen LogP contribution in [-0.2, 0) is 16.0 Å². The molecule has 198 valence electrons. The van der Waals surface area contributed by atoms with Crippen LogP contribution in [-0.4, -0.2) is 68.5 Å². The van der Waals surface area contributed by atoms with Gasteiger partial charge >= 0.3 is 0 Å². The van der Waals surface area contributed by atoms with Crippen LogP contribution in [0.1, 0.15) is 53.6 Å². The molecule has 0 saturated heterocycles. The number of hydrogen-bond acceptors (Lipinski definition) is 8. The largest absolute Gasteiger partial charge is 0.510 e. The number of hydrogen-bond donors (Lipinski definition) is 5. The Morgan fingerprint density at radius 2 is 1.87 bits per heavy atom. The molecule has 0 aliphatic heterocycles. The summed E-state index contributed by atoms with van der Waals surface area (Å²) in [6, 6.07) is 2.00. The van der Waals surface area contributed by atoms with E-state index in [1.165, 1.54) is 11.0 Å². The molecule has 4 atom stereocenters. The maximum absolute atomic E-state index is 13.7. The second-order valence-electron chi connectivity index (χ2n) is 10.7. The molecular formula is C29H30N2O7. The highest BCUT2D eigenvalue weighted by atomic mass is 16.3. The third-order valence-electron chi connectivity index (χ3n) is 8.25. The Bertz CT molecular complexity index is 1440. The van der Waals surface area contributed by atoms with Crippen LogP contribution >= 0.6 is 0 Å². The van der Waals surface area contributed by atoms with Gasteiger partial charge in [-0.1, -0.05) is 17.9 Å². The topological polar surface area (TPSA) is 161 Å². The lowest BCUT2D eigenvalue weighted by Gasteiger charge is -2.50. The van der Waals surface area contributed by atoms with Gasteiger partial charge in [0.05, 0.1) is 11.6 Å². The fraction of sp³-hybridized carbons (Fsp3) is 0.414. The number of nitrogens with two attached hydrogens (primary N) is 1. The second-order valence-corrected chi connectivity index (χ2v) is 10.7. The smallest absolute Gasteiger partial charge is 0.255 e. The van der Waals surface area contributed by atoms with Crippen molar-refractivity contribution >= 4 is 17.5 Å². The van der Waals surface area contributed by atoms with Crippen molar-refractivity contribution in [1.82, 2.24) is 4.90 Å². The predicted molar refractivity (Wildman–Crippen MR) is 137 cm³/mol. The fourth-order valence-electron chi connectivity index (χ4n) is 6.47. The first-order valence-electron chi connectivity index (χ1n) is 12.7. The molecule has 38 heavy (non-hydrogen) atoms. The number of carbonyl (C=O) groups is 3. The number of allylic oxidation sites excluding steroid dienone is 3. The molecule has 6 N–H and O–H groups in total. The van der Waals surface area contributed by atoms with Crippen molar-refractivity contribution in [2.75, 3.05) is 14.1 Å². The molecule has 0 bridgehead atoms. The number of fused-ring (bicyclic) bond motifs is 3. The SMILES string of the molecule is CN(C)C1C(O)=C(C(N)=O)C(=O)C2(O)C(O)=C3C(=O)c4c(O)ccc(C#CC5=CCCCC5)c4CC3CC12. The summed E-state index contributed by atoms with van der Waals surface area (Å²) in [6.45, 7) is 0. The Labute approximate surface area is 219 Å². The molecule has 9 heteroatoms. The number of primary amides is 1. The quantitative estimate of drug-likeness (QED) is 0.293. The summed E-state index contributed by atoms with van der Waals surface area (Å²) in [5.41, 5.74) is 3.82. The first-order chi connectivity index (χ1) is 18.0. The van der Waals surface area contributed by atoms with Crippen LogP contribution in [0.5, 0.6) is 5.75 Å². The van der Waals surface area contributed by atoms with Crippen molar-refractivity contribution in [3.63, 3.8) is 0 Å². The van der Waals surface area contributed by atoms with E-state index in [4.69, 9.17) is 5.73 Å². The molecule has 1 amide bonds. The Balaban J connectivity index is 1.66. The number of aromatic hydroxyl groups is 1. The molecule has 0 heterocycles. The monoisotopic (exact) mass is 518 g/mol. The van der Waals surface area contributed by atoms with Crippen LogP contribution in [0.15, 0.2) is 46.4 Å². The summed E-state index contributed by atoms with van der Waals surface area (Å²) < 4.78 is 0. The molecule has 5 rings (SSSR count). The lowest BCUT2D eigenvalue weighted by atomic mass is 9.58. The number of rotatable bonds is 2. The number of carbonyl (C=O) groups excluding carboxylic acids is 3. The second kappa shape index (κ2) is 9.15. The predicted octanol–water partition coefficient (Wildman–Crippen LogP) is 1.97. The van der Waals surface area contributed by atoms with E-state index in [0.717, 1.165) is 31.3 Å². The number of aliphatic hydroxyl groups excluding tert-OH is 2. The van der Waals surface area contributed by atoms with Gasteiger partial charge < -0.3 is 26.2 Å². The molecule has 0 spiro atoms. The number of Topliss-reactive ketones (excluding diaryl/α,β-unsaturated/α-hetero) is 2. The maximum Gasteiger partial charge on any atom is 0.255 e. The highest BCUT2D eigenvalue weighted by molar-refractivity contribution is 6.24. The highest BCUT2D eigenvalue weighted by Gasteiger charge is 2.63. The van der Waals surface area contributed by atoms with E-state index in [1.54, 1.807) is 20.2 Å². The molecule has 1 aromatic rings. The molecule has 0 radical (unpaired) electrons. The maximum atomic E-state index is 13.7. The molecular weight excluding hydrogens is 488 g/mol. The number of nitrogens with zero attached hydrogens (tertiary/aromatic N) is 1. The van der Waals surface area contributed by atoms with Crippen LogP contribution in [0, 0.1) is 23.7 Å². The minimum Gasteiger partial charge on any atom is -0.510 e. The summed E-state index contributed by atoms with van der Waals surface area (Å²) in [5, 5.41) is 44.5. The van der Waals surface area contributed by atoms with Crippen LogP contribution in [0.4, 0.5) is 0 Å². The van der Waals surface area contributed by atoms with Gasteiger partial charge in [0.25, 0.3) is 5.91 Å². The molecule has 0 fully saturated rings. The number of likely N-dealkylation sites (N-methyl/N-ethyl adjacent to an activating group) is 1. The van der Waals surface area contributed by atoms with E-state index in [-0.39, 0.29) is 29.7 Å². The van der Waals surface area contributed by atoms with Gasteiger partial charge in [-0.15, -0.1) is 0 Å². The lowest BCUT2D eigenvalue weighted by Crippen LogP contribution is -2.63. The van der Waals surface area contributed by atoms with Gasteiger partial charge in [0, 0.05) is 17.1 Å². The number of phenols is 1. The van der Waals surface area contributed by atoms with Crippen molar-refractivity contribution in [1.29, 1.82) is 0 Å². The molecule has 0 aromatic heterocycles. The zero-order valence-electron chi connectivity index (χ0n) is 21.2.